The molecule has 0 unspecified atom stereocenters. The fourth-order valence-electron chi connectivity index (χ4n) is 7.42. The van der Waals surface area contributed by atoms with Gasteiger partial charge in [-0.1, -0.05) is 72.8 Å². The van der Waals surface area contributed by atoms with Gasteiger partial charge in [0, 0.05) is 0 Å². The van der Waals surface area contributed by atoms with E-state index in [0.29, 0.717) is 89.4 Å². The minimum Gasteiger partial charge on any atom is -0.744 e. The van der Waals surface area contributed by atoms with Crippen molar-refractivity contribution in [3.05, 3.63) is 144 Å². The molecule has 0 saturated carbocycles. The molecule has 16 nitrogen and oxygen atoms in total. The molecule has 9 rings (SSSR count). The summed E-state index contributed by atoms with van der Waals surface area (Å²) >= 11 is 0. The van der Waals surface area contributed by atoms with Crippen LogP contribution in [0.2, 0.25) is 0 Å². The van der Waals surface area contributed by atoms with Crippen molar-refractivity contribution in [2.24, 2.45) is 0 Å². The molecule has 8 bridgehead atoms. The number of rotatable bonds is 8. The van der Waals surface area contributed by atoms with Crippen LogP contribution in [0.25, 0.3) is 90.9 Å². The average molecular weight is 1010 g/mol. The Morgan fingerprint density at radius 1 is 0.318 bits per heavy atom. The molecule has 0 spiro atoms. The van der Waals surface area contributed by atoms with Crippen molar-refractivity contribution < 1.29 is 97.9 Å². The summed E-state index contributed by atoms with van der Waals surface area (Å²) in [5.74, 6) is 0. The van der Waals surface area contributed by atoms with E-state index < -0.39 is 60.1 Å². The van der Waals surface area contributed by atoms with Crippen molar-refractivity contribution in [3.63, 3.8) is 0 Å². The van der Waals surface area contributed by atoms with E-state index in [0.717, 1.165) is 48.5 Å². The van der Waals surface area contributed by atoms with Gasteiger partial charge in [-0.3, -0.25) is 0 Å². The average Bonchev–Trinajstić information content (AvgIpc) is 4.08. The van der Waals surface area contributed by atoms with Crippen molar-refractivity contribution in [3.8, 4) is 44.5 Å². The molecule has 66 heavy (non-hydrogen) atoms. The third-order valence-corrected chi connectivity index (χ3v) is 13.7. The zero-order chi connectivity index (χ0) is 45.3. The molecule has 0 radical (unpaired) electrons. The summed E-state index contributed by atoms with van der Waals surface area (Å²) < 4.78 is 143. The van der Waals surface area contributed by atoms with Gasteiger partial charge in [0.05, 0.1) is 42.4 Å². The van der Waals surface area contributed by atoms with Gasteiger partial charge in [0.25, 0.3) is 0 Å². The minimum absolute atomic E-state index is 0. The SMILES string of the molecule is O=S(=O)([O-])c1ccc(-c2c3nc(c(-c4ccc(S(=O)(=O)[O-])cc4)c4ccc([n-]4)c(-c4ccc(S(=O)(=O)[O-])cc4)c4nc(c(-c5ccc(S(=O)(=O)[O-])cc5)c5ccc2[n-]5)C=C4)C=C3)cc1.[Na+].[Ni+2]. The topological polar surface area (TPSA) is 283 Å². The van der Waals surface area contributed by atoms with Crippen LogP contribution in [0.5, 0.6) is 0 Å². The molecular formula is C44H24N4NaNiO12S4-3. The molecule has 0 aliphatic carbocycles. The van der Waals surface area contributed by atoms with Crippen LogP contribution in [0.15, 0.2) is 141 Å². The Labute approximate surface area is 409 Å². The maximum absolute atomic E-state index is 11.9. The van der Waals surface area contributed by atoms with Crippen molar-refractivity contribution in [2.75, 3.05) is 0 Å². The van der Waals surface area contributed by atoms with Gasteiger partial charge in [0.15, 0.2) is 0 Å². The van der Waals surface area contributed by atoms with E-state index in [1.165, 1.54) is 48.5 Å². The van der Waals surface area contributed by atoms with Gasteiger partial charge in [0.2, 0.25) is 0 Å². The van der Waals surface area contributed by atoms with Crippen LogP contribution >= 0.6 is 0 Å². The van der Waals surface area contributed by atoms with E-state index in [1.807, 2.05) is 0 Å². The van der Waals surface area contributed by atoms with Gasteiger partial charge in [-0.2, -0.15) is 0 Å². The third-order valence-electron chi connectivity index (χ3n) is 10.3. The smallest absolute Gasteiger partial charge is 0.744 e. The van der Waals surface area contributed by atoms with Crippen LogP contribution in [0.1, 0.15) is 22.8 Å². The monoisotopic (exact) mass is 1010 g/mol. The predicted octanol–water partition coefficient (Wildman–Crippen LogP) is 3.20. The van der Waals surface area contributed by atoms with E-state index in [2.05, 4.69) is 0 Å². The molecule has 22 heteroatoms. The molecule has 0 fully saturated rings. The van der Waals surface area contributed by atoms with Gasteiger partial charge in [-0.25, -0.2) is 43.6 Å². The molecule has 2 aliphatic heterocycles. The maximum atomic E-state index is 11.9. The van der Waals surface area contributed by atoms with Crippen molar-refractivity contribution in [2.45, 2.75) is 19.6 Å². The molecule has 2 aliphatic rings. The van der Waals surface area contributed by atoms with Gasteiger partial charge >= 0.3 is 46.0 Å². The zero-order valence-electron chi connectivity index (χ0n) is 33.5. The number of benzene rings is 4. The Kier molecular flexibility index (Phi) is 13.3. The second-order valence-corrected chi connectivity index (χ2v) is 19.8. The molecule has 7 aromatic rings. The number of fused-ring (bicyclic) bond motifs is 8. The summed E-state index contributed by atoms with van der Waals surface area (Å²) in [4.78, 5) is 18.0. The third kappa shape index (κ3) is 9.57. The fraction of sp³-hybridized carbons (Fsp3) is 0. The molecule has 0 N–H and O–H groups in total. The van der Waals surface area contributed by atoms with E-state index in [1.54, 1.807) is 48.6 Å². The van der Waals surface area contributed by atoms with Gasteiger partial charge in [-0.15, -0.1) is 22.1 Å². The second kappa shape index (κ2) is 18.0. The summed E-state index contributed by atoms with van der Waals surface area (Å²) in [5, 5.41) is 0. The van der Waals surface area contributed by atoms with E-state index in [9.17, 15) is 51.9 Å². The molecular weight excluding hydrogens is 986 g/mol. The van der Waals surface area contributed by atoms with E-state index >= 15 is 0 Å². The summed E-state index contributed by atoms with van der Waals surface area (Å²) in [7, 11) is -19.3. The first-order chi connectivity index (χ1) is 30.2. The standard InChI is InChI=1S/C44H28N4O12S4.Na.Ni/c49-61(50,51)29-9-1-25(2-10-29)41-33-17-19-35(45-33)42(26-3-11-30(12-4-26)62(52,53)54)37-21-23-39(47-37)44(28-7-15-32(16-8-28)64(58,59)60)40-24-22-38(48-40)43(36-20-18-34(41)46-36)27-5-13-31(14-6-27)63(55,56)57;;/h1-24H,(H,49,50,51)(H,52,53,54)(H,55,56,57)(H,58,59,60);;/q-2;+1;+2/p-4. The van der Waals surface area contributed by atoms with E-state index in [-0.39, 0.29) is 46.0 Å². The van der Waals surface area contributed by atoms with Crippen LogP contribution < -0.4 is 39.5 Å². The summed E-state index contributed by atoms with van der Waals surface area (Å²) in [6, 6.07) is 27.2. The van der Waals surface area contributed by atoms with Crippen LogP contribution in [-0.4, -0.2) is 61.9 Å². The van der Waals surface area contributed by atoms with Crippen LogP contribution in [0, 0.1) is 0 Å². The van der Waals surface area contributed by atoms with Crippen LogP contribution in [0.3, 0.4) is 0 Å². The van der Waals surface area contributed by atoms with Crippen LogP contribution in [0.4, 0.5) is 0 Å². The summed E-state index contributed by atoms with van der Waals surface area (Å²) in [6.45, 7) is 0. The predicted molar refractivity (Wildman–Crippen MR) is 230 cm³/mol. The molecule has 5 heterocycles. The van der Waals surface area contributed by atoms with Crippen molar-refractivity contribution >= 4 is 86.8 Å². The largest absolute Gasteiger partial charge is 2.00 e. The van der Waals surface area contributed by atoms with Gasteiger partial charge in [-0.05, 0) is 117 Å². The first kappa shape index (κ1) is 48.5. The number of aromatic nitrogens is 4. The fourth-order valence-corrected chi connectivity index (χ4v) is 9.30. The molecule has 0 amide bonds. The Bertz CT molecular complexity index is 3310. The second-order valence-electron chi connectivity index (χ2n) is 14.3. The minimum atomic E-state index is -4.82. The first-order valence-electron chi connectivity index (χ1n) is 18.5. The Morgan fingerprint density at radius 3 is 0.667 bits per heavy atom. The normalized spacial score (nSPS) is 12.7. The molecule has 330 valence electrons. The Morgan fingerprint density at radius 2 is 0.500 bits per heavy atom. The quantitative estimate of drug-likeness (QED) is 0.156. The summed E-state index contributed by atoms with van der Waals surface area (Å²) in [6.07, 6.45) is 6.65. The summed E-state index contributed by atoms with van der Waals surface area (Å²) in [5.41, 5.74) is 5.63. The molecule has 3 aromatic heterocycles. The zero-order valence-corrected chi connectivity index (χ0v) is 39.7. The van der Waals surface area contributed by atoms with Crippen LogP contribution in [-0.2, 0) is 57.0 Å². The first-order valence-corrected chi connectivity index (χ1v) is 24.2. The van der Waals surface area contributed by atoms with E-state index in [4.69, 9.17) is 19.9 Å². The molecule has 0 saturated heterocycles. The molecule has 0 atom stereocenters. The number of nitrogens with zero attached hydrogens (tertiary/aromatic N) is 4. The Hall–Kier alpha value is -5.39. The van der Waals surface area contributed by atoms with Gasteiger partial charge in [0.1, 0.15) is 40.5 Å². The maximum Gasteiger partial charge on any atom is 2.00 e. The number of hydrogen-bond acceptors (Lipinski definition) is 14. The number of hydrogen-bond donors (Lipinski definition) is 0. The van der Waals surface area contributed by atoms with Crippen molar-refractivity contribution in [1.82, 2.24) is 19.9 Å². The van der Waals surface area contributed by atoms with Crippen molar-refractivity contribution in [1.29, 1.82) is 0 Å². The van der Waals surface area contributed by atoms with Gasteiger partial charge < -0.3 is 28.2 Å². The Balaban J connectivity index is 0.00000324. The molecule has 4 aromatic carbocycles.